The smallest absolute Gasteiger partial charge is 0.294 e. The van der Waals surface area contributed by atoms with Gasteiger partial charge in [0.2, 0.25) is 5.95 Å². The van der Waals surface area contributed by atoms with E-state index in [1.807, 2.05) is 5.32 Å². The minimum atomic E-state index is -3.83. The first-order valence-electron chi connectivity index (χ1n) is 10.3. The second-order valence-electron chi connectivity index (χ2n) is 7.71. The van der Waals surface area contributed by atoms with Crippen molar-refractivity contribution >= 4 is 40.7 Å². The van der Waals surface area contributed by atoms with E-state index < -0.39 is 35.9 Å². The summed E-state index contributed by atoms with van der Waals surface area (Å²) in [4.78, 5) is 16.8. The molecular weight excluding hydrogens is 522 g/mol. The molecule has 188 valence electrons. The number of methoxy groups -OCH3 is 1. The van der Waals surface area contributed by atoms with Crippen LogP contribution in [0.2, 0.25) is 10.0 Å². The number of fused-ring (bicyclic) bond motifs is 1. The van der Waals surface area contributed by atoms with Crippen LogP contribution in [0.1, 0.15) is 22.0 Å². The maximum atomic E-state index is 15.5. The molecule has 0 radical (unpaired) electrons. The summed E-state index contributed by atoms with van der Waals surface area (Å²) in [6.07, 6.45) is -0.810. The number of nitrogens with two attached hydrogens (primary N) is 1. The van der Waals surface area contributed by atoms with Crippen molar-refractivity contribution in [3.05, 3.63) is 75.7 Å². The lowest BCUT2D eigenvalue weighted by Crippen LogP contribution is -2.41. The normalized spacial score (nSPS) is 12.5. The van der Waals surface area contributed by atoms with Crippen LogP contribution >= 0.6 is 23.2 Å². The summed E-state index contributed by atoms with van der Waals surface area (Å²) < 4.78 is 51.4. The van der Waals surface area contributed by atoms with Gasteiger partial charge in [-0.1, -0.05) is 29.3 Å². The van der Waals surface area contributed by atoms with Crippen molar-refractivity contribution in [3.63, 3.8) is 0 Å². The fraction of sp³-hybridized carbons (Fsp3) is 0.174. The summed E-state index contributed by atoms with van der Waals surface area (Å²) in [6.45, 7) is -1.30. The summed E-state index contributed by atoms with van der Waals surface area (Å²) >= 11 is 11.6. The Labute approximate surface area is 212 Å². The number of ether oxygens (including phenoxy) is 1. The number of hydrogen-bond donors (Lipinski definition) is 3. The van der Waals surface area contributed by atoms with E-state index >= 15 is 4.39 Å². The second kappa shape index (κ2) is 9.84. The number of halogens is 5. The van der Waals surface area contributed by atoms with Gasteiger partial charge in [0, 0.05) is 11.8 Å². The Morgan fingerprint density at radius 1 is 1.22 bits per heavy atom. The van der Waals surface area contributed by atoms with Gasteiger partial charge in [-0.05, 0) is 47.5 Å². The van der Waals surface area contributed by atoms with Crippen molar-refractivity contribution < 1.29 is 27.8 Å². The number of carbonyl (C=O) groups excluding carboxylic acids is 1. The minimum Gasteiger partial charge on any atom is -0.496 e. The second-order valence-corrected chi connectivity index (χ2v) is 8.53. The lowest BCUT2D eigenvalue weighted by molar-refractivity contribution is -0.106. The summed E-state index contributed by atoms with van der Waals surface area (Å²) in [7, 11) is 1.21. The third-order valence-electron chi connectivity index (χ3n) is 5.36. The van der Waals surface area contributed by atoms with Crippen molar-refractivity contribution in [1.82, 2.24) is 19.9 Å². The Bertz CT molecular complexity index is 1460. The standard InChI is InChI=1S/C23H18Cl2F3N5O3/c1-36-16-5-3-13(11-6-7-33-17(9-11)31-22(29)32-33)19(26)18(16)21(35)30-10-23(27,28)20(34)12-2-4-14(24)15(25)8-12/h2-9,20,34H,10H2,1H3,(H2,29,32)(H,30,35). The molecule has 36 heavy (non-hydrogen) atoms. The number of aromatic nitrogens is 3. The molecule has 0 saturated carbocycles. The number of pyridine rings is 1. The molecule has 0 spiro atoms. The highest BCUT2D eigenvalue weighted by molar-refractivity contribution is 6.42. The minimum absolute atomic E-state index is 0.00683. The first kappa shape index (κ1) is 25.5. The number of alkyl halides is 2. The molecule has 8 nitrogen and oxygen atoms in total. The van der Waals surface area contributed by atoms with E-state index in [4.69, 9.17) is 33.7 Å². The molecule has 4 N–H and O–H groups in total. The van der Waals surface area contributed by atoms with Gasteiger partial charge in [0.1, 0.15) is 23.2 Å². The molecule has 4 aromatic rings. The van der Waals surface area contributed by atoms with E-state index in [0.29, 0.717) is 11.2 Å². The monoisotopic (exact) mass is 539 g/mol. The Kier molecular flexibility index (Phi) is 6.98. The molecule has 2 aromatic heterocycles. The third-order valence-corrected chi connectivity index (χ3v) is 6.10. The molecule has 2 heterocycles. The van der Waals surface area contributed by atoms with Crippen LogP contribution in [0, 0.1) is 5.82 Å². The van der Waals surface area contributed by atoms with Gasteiger partial charge >= 0.3 is 0 Å². The highest BCUT2D eigenvalue weighted by Gasteiger charge is 2.40. The Balaban J connectivity index is 1.60. The van der Waals surface area contributed by atoms with Crippen LogP contribution in [0.25, 0.3) is 16.8 Å². The Morgan fingerprint density at radius 3 is 2.67 bits per heavy atom. The molecule has 0 aliphatic rings. The zero-order chi connectivity index (χ0) is 26.2. The predicted molar refractivity (Wildman–Crippen MR) is 128 cm³/mol. The number of aliphatic hydroxyl groups is 1. The summed E-state index contributed by atoms with van der Waals surface area (Å²) in [5.41, 5.74) is 5.44. The van der Waals surface area contributed by atoms with Crippen LogP contribution in [0.5, 0.6) is 5.75 Å². The number of nitrogens with one attached hydrogen (secondary N) is 1. The van der Waals surface area contributed by atoms with Gasteiger partial charge in [-0.3, -0.25) is 4.79 Å². The fourth-order valence-corrected chi connectivity index (χ4v) is 3.85. The lowest BCUT2D eigenvalue weighted by atomic mass is 10.0. The molecule has 1 amide bonds. The highest BCUT2D eigenvalue weighted by atomic mass is 35.5. The number of anilines is 1. The number of amides is 1. The van der Waals surface area contributed by atoms with Crippen LogP contribution in [-0.4, -0.2) is 45.2 Å². The summed E-state index contributed by atoms with van der Waals surface area (Å²) in [5, 5.41) is 16.2. The van der Waals surface area contributed by atoms with E-state index in [1.54, 1.807) is 0 Å². The fourth-order valence-electron chi connectivity index (χ4n) is 3.54. The predicted octanol–water partition coefficient (Wildman–Crippen LogP) is 4.53. The van der Waals surface area contributed by atoms with Gasteiger partial charge in [0.05, 0.1) is 23.7 Å². The van der Waals surface area contributed by atoms with Crippen LogP contribution in [0.3, 0.4) is 0 Å². The van der Waals surface area contributed by atoms with E-state index in [0.717, 1.165) is 6.07 Å². The van der Waals surface area contributed by atoms with Gasteiger partial charge in [-0.2, -0.15) is 4.98 Å². The molecule has 0 fully saturated rings. The molecular formula is C23H18Cl2F3N5O3. The van der Waals surface area contributed by atoms with E-state index in [-0.39, 0.29) is 32.9 Å². The van der Waals surface area contributed by atoms with Crippen LogP contribution in [-0.2, 0) is 0 Å². The van der Waals surface area contributed by atoms with Gasteiger partial charge < -0.3 is 20.9 Å². The van der Waals surface area contributed by atoms with E-state index in [1.165, 1.54) is 54.2 Å². The van der Waals surface area contributed by atoms with E-state index in [9.17, 15) is 18.7 Å². The van der Waals surface area contributed by atoms with Crippen LogP contribution in [0.4, 0.5) is 19.1 Å². The first-order valence-corrected chi connectivity index (χ1v) is 11.0. The van der Waals surface area contributed by atoms with E-state index in [2.05, 4.69) is 10.1 Å². The molecule has 1 unspecified atom stereocenters. The van der Waals surface area contributed by atoms with Gasteiger partial charge in [-0.15, -0.1) is 5.10 Å². The number of aliphatic hydroxyl groups excluding tert-OH is 1. The average Bonchev–Trinajstić information content (AvgIpc) is 3.22. The molecule has 13 heteroatoms. The Morgan fingerprint density at radius 2 is 1.97 bits per heavy atom. The largest absolute Gasteiger partial charge is 0.496 e. The maximum Gasteiger partial charge on any atom is 0.294 e. The molecule has 0 aliphatic carbocycles. The van der Waals surface area contributed by atoms with Gasteiger partial charge in [-0.25, -0.2) is 17.7 Å². The number of benzene rings is 2. The number of hydrogen-bond acceptors (Lipinski definition) is 6. The molecule has 4 rings (SSSR count). The highest BCUT2D eigenvalue weighted by Crippen LogP contribution is 2.35. The number of nitrogens with zero attached hydrogens (tertiary/aromatic N) is 3. The zero-order valence-corrected chi connectivity index (χ0v) is 20.0. The van der Waals surface area contributed by atoms with Crippen molar-refractivity contribution in [2.24, 2.45) is 0 Å². The summed E-state index contributed by atoms with van der Waals surface area (Å²) in [5.74, 6) is -6.15. The molecule has 1 atom stereocenters. The molecule has 0 saturated heterocycles. The van der Waals surface area contributed by atoms with Gasteiger partial charge in [0.25, 0.3) is 11.8 Å². The topological polar surface area (TPSA) is 115 Å². The Hall–Kier alpha value is -3.54. The van der Waals surface area contributed by atoms with Gasteiger partial charge in [0.15, 0.2) is 5.65 Å². The van der Waals surface area contributed by atoms with Crippen LogP contribution < -0.4 is 15.8 Å². The molecule has 0 aliphatic heterocycles. The molecule has 2 aromatic carbocycles. The van der Waals surface area contributed by atoms with Crippen molar-refractivity contribution in [2.75, 3.05) is 19.4 Å². The number of carbonyl (C=O) groups is 1. The lowest BCUT2D eigenvalue weighted by Gasteiger charge is -2.24. The first-order chi connectivity index (χ1) is 17.0. The zero-order valence-electron chi connectivity index (χ0n) is 18.5. The third kappa shape index (κ3) is 4.90. The van der Waals surface area contributed by atoms with Crippen molar-refractivity contribution in [3.8, 4) is 16.9 Å². The number of nitrogen functional groups attached to an aromatic ring is 1. The molecule has 0 bridgehead atoms. The maximum absolute atomic E-state index is 15.5. The quantitative estimate of drug-likeness (QED) is 0.318. The average molecular weight is 540 g/mol. The van der Waals surface area contributed by atoms with Crippen molar-refractivity contribution in [1.29, 1.82) is 0 Å². The number of rotatable bonds is 7. The summed E-state index contributed by atoms with van der Waals surface area (Å²) in [6, 6.07) is 9.26. The SMILES string of the molecule is COc1ccc(-c2ccn3nc(N)nc3c2)c(F)c1C(=O)NCC(F)(F)C(O)c1ccc(Cl)c(Cl)c1. The van der Waals surface area contributed by atoms with Crippen molar-refractivity contribution in [2.45, 2.75) is 12.0 Å². The van der Waals surface area contributed by atoms with Crippen LogP contribution in [0.15, 0.2) is 48.7 Å².